The maximum absolute atomic E-state index is 12.3. The minimum Gasteiger partial charge on any atom is -0.377 e. The van der Waals surface area contributed by atoms with E-state index in [0.29, 0.717) is 12.5 Å². The highest BCUT2D eigenvalue weighted by molar-refractivity contribution is 5.83. The normalized spacial score (nSPS) is 23.8. The molecule has 1 aliphatic heterocycles. The highest BCUT2D eigenvalue weighted by Gasteiger charge is 2.37. The second-order valence-corrected chi connectivity index (χ2v) is 6.96. The monoisotopic (exact) mass is 290 g/mol. The summed E-state index contributed by atoms with van der Waals surface area (Å²) in [6, 6.07) is 3.80. The summed E-state index contributed by atoms with van der Waals surface area (Å²) < 4.78 is 5.85. The van der Waals surface area contributed by atoms with E-state index in [-0.39, 0.29) is 23.3 Å². The molecule has 4 heteroatoms. The Morgan fingerprint density at radius 3 is 2.90 bits per heavy atom. The summed E-state index contributed by atoms with van der Waals surface area (Å²) >= 11 is 0. The third-order valence-corrected chi connectivity index (χ3v) is 4.18. The Bertz CT molecular complexity index is 467. The van der Waals surface area contributed by atoms with Crippen LogP contribution < -0.4 is 5.32 Å². The van der Waals surface area contributed by atoms with Gasteiger partial charge in [0.15, 0.2) is 0 Å². The zero-order chi connectivity index (χ0) is 15.5. The van der Waals surface area contributed by atoms with Crippen molar-refractivity contribution in [1.29, 1.82) is 0 Å². The SMILES string of the molecule is C[C@H](C(=O)NC[C@H]1CCO[C@@H]1C(C)(C)C)c1cccnc1. The summed E-state index contributed by atoms with van der Waals surface area (Å²) in [5.74, 6) is 0.284. The number of aromatic nitrogens is 1. The first kappa shape index (κ1) is 16.0. The lowest BCUT2D eigenvalue weighted by Gasteiger charge is -2.31. The van der Waals surface area contributed by atoms with Gasteiger partial charge in [-0.2, -0.15) is 0 Å². The minimum atomic E-state index is -0.172. The molecule has 4 nitrogen and oxygen atoms in total. The molecule has 1 fully saturated rings. The van der Waals surface area contributed by atoms with Gasteiger partial charge in [-0.15, -0.1) is 0 Å². The molecule has 0 saturated carbocycles. The van der Waals surface area contributed by atoms with Gasteiger partial charge in [0.1, 0.15) is 0 Å². The fourth-order valence-corrected chi connectivity index (χ4v) is 2.97. The van der Waals surface area contributed by atoms with Crippen molar-refractivity contribution in [2.45, 2.75) is 46.1 Å². The molecule has 0 unspecified atom stereocenters. The van der Waals surface area contributed by atoms with E-state index in [9.17, 15) is 4.79 Å². The van der Waals surface area contributed by atoms with E-state index in [0.717, 1.165) is 18.6 Å². The van der Waals surface area contributed by atoms with Crippen molar-refractivity contribution in [2.24, 2.45) is 11.3 Å². The molecule has 0 spiro atoms. The van der Waals surface area contributed by atoms with Gasteiger partial charge in [0.05, 0.1) is 12.0 Å². The Labute approximate surface area is 127 Å². The molecular formula is C17H26N2O2. The van der Waals surface area contributed by atoms with Gasteiger partial charge in [-0.1, -0.05) is 26.8 Å². The lowest BCUT2D eigenvalue weighted by molar-refractivity contribution is -0.122. The number of hydrogen-bond donors (Lipinski definition) is 1. The Kier molecular flexibility index (Phi) is 4.99. The number of amides is 1. The molecule has 0 aliphatic carbocycles. The molecule has 1 aromatic rings. The van der Waals surface area contributed by atoms with E-state index in [1.165, 1.54) is 0 Å². The third kappa shape index (κ3) is 4.03. The molecule has 21 heavy (non-hydrogen) atoms. The number of carbonyl (C=O) groups is 1. The number of nitrogens with one attached hydrogen (secondary N) is 1. The van der Waals surface area contributed by atoms with Crippen LogP contribution in [0.25, 0.3) is 0 Å². The molecule has 1 aromatic heterocycles. The average molecular weight is 290 g/mol. The van der Waals surface area contributed by atoms with Crippen LogP contribution in [0.3, 0.4) is 0 Å². The summed E-state index contributed by atoms with van der Waals surface area (Å²) in [4.78, 5) is 16.3. The number of ether oxygens (including phenoxy) is 1. The number of nitrogens with zero attached hydrogens (tertiary/aromatic N) is 1. The van der Waals surface area contributed by atoms with Gasteiger partial charge in [-0.05, 0) is 30.4 Å². The fourth-order valence-electron chi connectivity index (χ4n) is 2.97. The predicted molar refractivity (Wildman–Crippen MR) is 83.0 cm³/mol. The van der Waals surface area contributed by atoms with Crippen molar-refractivity contribution in [1.82, 2.24) is 10.3 Å². The molecule has 1 amide bonds. The molecular weight excluding hydrogens is 264 g/mol. The Morgan fingerprint density at radius 1 is 1.52 bits per heavy atom. The quantitative estimate of drug-likeness (QED) is 0.927. The van der Waals surface area contributed by atoms with Crippen LogP contribution in [-0.2, 0) is 9.53 Å². The van der Waals surface area contributed by atoms with Crippen molar-refractivity contribution >= 4 is 5.91 Å². The molecule has 1 aliphatic rings. The van der Waals surface area contributed by atoms with E-state index in [2.05, 4.69) is 31.1 Å². The predicted octanol–water partition coefficient (Wildman–Crippen LogP) is 2.75. The highest BCUT2D eigenvalue weighted by Crippen LogP contribution is 2.34. The van der Waals surface area contributed by atoms with Crippen molar-refractivity contribution < 1.29 is 9.53 Å². The van der Waals surface area contributed by atoms with E-state index in [1.54, 1.807) is 12.4 Å². The van der Waals surface area contributed by atoms with Gasteiger partial charge in [0.25, 0.3) is 0 Å². The molecule has 116 valence electrons. The van der Waals surface area contributed by atoms with Gasteiger partial charge in [0, 0.05) is 31.5 Å². The molecule has 0 bridgehead atoms. The van der Waals surface area contributed by atoms with Crippen LogP contribution in [-0.4, -0.2) is 30.1 Å². The molecule has 3 atom stereocenters. The Balaban J connectivity index is 1.89. The van der Waals surface area contributed by atoms with Crippen LogP contribution in [0.4, 0.5) is 0 Å². The molecule has 1 saturated heterocycles. The van der Waals surface area contributed by atoms with Gasteiger partial charge < -0.3 is 10.1 Å². The third-order valence-electron chi connectivity index (χ3n) is 4.18. The second-order valence-electron chi connectivity index (χ2n) is 6.96. The average Bonchev–Trinajstić information content (AvgIpc) is 2.93. The summed E-state index contributed by atoms with van der Waals surface area (Å²) in [5.41, 5.74) is 1.06. The number of carbonyl (C=O) groups excluding carboxylic acids is 1. The van der Waals surface area contributed by atoms with E-state index < -0.39 is 0 Å². The van der Waals surface area contributed by atoms with Crippen molar-refractivity contribution in [2.75, 3.05) is 13.2 Å². The van der Waals surface area contributed by atoms with E-state index in [1.807, 2.05) is 19.1 Å². The van der Waals surface area contributed by atoms with Crippen LogP contribution in [0.2, 0.25) is 0 Å². The zero-order valence-electron chi connectivity index (χ0n) is 13.4. The van der Waals surface area contributed by atoms with E-state index in [4.69, 9.17) is 4.74 Å². The molecule has 2 heterocycles. The summed E-state index contributed by atoms with van der Waals surface area (Å²) in [7, 11) is 0. The summed E-state index contributed by atoms with van der Waals surface area (Å²) in [6.07, 6.45) is 4.70. The summed E-state index contributed by atoms with van der Waals surface area (Å²) in [6.45, 7) is 9.97. The first-order valence-electron chi connectivity index (χ1n) is 7.69. The van der Waals surface area contributed by atoms with Gasteiger partial charge in [0.2, 0.25) is 5.91 Å². The standard InChI is InChI=1S/C17H26N2O2/c1-12(13-6-5-8-18-10-13)16(20)19-11-14-7-9-21-15(14)17(2,3)4/h5-6,8,10,12,14-15H,7,9,11H2,1-4H3,(H,19,20)/t12-,14+,15-/m0/s1. The van der Waals surface area contributed by atoms with Crippen LogP contribution in [0.1, 0.15) is 45.6 Å². The summed E-state index contributed by atoms with van der Waals surface area (Å²) in [5, 5.41) is 3.08. The smallest absolute Gasteiger partial charge is 0.227 e. The highest BCUT2D eigenvalue weighted by atomic mass is 16.5. The molecule has 0 radical (unpaired) electrons. The maximum atomic E-state index is 12.3. The van der Waals surface area contributed by atoms with Gasteiger partial charge >= 0.3 is 0 Å². The van der Waals surface area contributed by atoms with Crippen molar-refractivity contribution in [3.8, 4) is 0 Å². The first-order chi connectivity index (χ1) is 9.89. The fraction of sp³-hybridized carbons (Fsp3) is 0.647. The first-order valence-corrected chi connectivity index (χ1v) is 7.69. The van der Waals surface area contributed by atoms with Gasteiger partial charge in [-0.25, -0.2) is 0 Å². The molecule has 0 aromatic carbocycles. The largest absolute Gasteiger partial charge is 0.377 e. The number of pyridine rings is 1. The second kappa shape index (κ2) is 6.56. The zero-order valence-corrected chi connectivity index (χ0v) is 13.4. The Hall–Kier alpha value is -1.42. The molecule has 2 rings (SSSR count). The lowest BCUT2D eigenvalue weighted by atomic mass is 9.81. The van der Waals surface area contributed by atoms with Crippen molar-refractivity contribution in [3.05, 3.63) is 30.1 Å². The van der Waals surface area contributed by atoms with Crippen LogP contribution >= 0.6 is 0 Å². The van der Waals surface area contributed by atoms with Gasteiger partial charge in [-0.3, -0.25) is 9.78 Å². The molecule has 1 N–H and O–H groups in total. The van der Waals surface area contributed by atoms with Crippen LogP contribution in [0.5, 0.6) is 0 Å². The van der Waals surface area contributed by atoms with Crippen LogP contribution in [0, 0.1) is 11.3 Å². The van der Waals surface area contributed by atoms with Crippen LogP contribution in [0.15, 0.2) is 24.5 Å². The minimum absolute atomic E-state index is 0.0579. The van der Waals surface area contributed by atoms with Crippen molar-refractivity contribution in [3.63, 3.8) is 0 Å². The lowest BCUT2D eigenvalue weighted by Crippen LogP contribution is -2.39. The number of rotatable bonds is 4. The van der Waals surface area contributed by atoms with E-state index >= 15 is 0 Å². The maximum Gasteiger partial charge on any atom is 0.227 e. The topological polar surface area (TPSA) is 51.2 Å². The number of hydrogen-bond acceptors (Lipinski definition) is 3. The Morgan fingerprint density at radius 2 is 2.29 bits per heavy atom.